The Morgan fingerprint density at radius 2 is 1.96 bits per heavy atom. The van der Waals surface area contributed by atoms with Gasteiger partial charge >= 0.3 is 0 Å². The number of ether oxygens (including phenoxy) is 2. The Kier molecular flexibility index (Phi) is 4.19. The highest BCUT2D eigenvalue weighted by Gasteiger charge is 2.34. The van der Waals surface area contributed by atoms with E-state index in [4.69, 9.17) is 13.9 Å². The number of carbonyl (C=O) groups excluding carboxylic acids is 1. The second kappa shape index (κ2) is 6.16. The van der Waals surface area contributed by atoms with E-state index in [0.717, 1.165) is 5.56 Å². The Hall–Kier alpha value is -2.54. The molecule has 1 atom stereocenters. The number of aliphatic hydroxyl groups is 1. The van der Waals surface area contributed by atoms with Crippen LogP contribution in [0.2, 0.25) is 0 Å². The van der Waals surface area contributed by atoms with Crippen molar-refractivity contribution in [1.82, 2.24) is 9.88 Å². The molecule has 0 radical (unpaired) electrons. The summed E-state index contributed by atoms with van der Waals surface area (Å²) in [5.74, 6) is 1.52. The van der Waals surface area contributed by atoms with E-state index in [0.29, 0.717) is 35.2 Å². The number of methoxy groups -OCH3 is 2. The maximum Gasteiger partial charge on any atom is 0.291 e. The molecule has 1 aliphatic heterocycles. The molecule has 0 saturated carbocycles. The number of amides is 1. The van der Waals surface area contributed by atoms with E-state index in [2.05, 4.69) is 4.98 Å². The fourth-order valence-electron chi connectivity index (χ4n) is 3.10. The number of carbonyl (C=O) groups is 1. The van der Waals surface area contributed by atoms with Crippen LogP contribution in [0.3, 0.4) is 0 Å². The molecule has 1 aromatic heterocycles. The van der Waals surface area contributed by atoms with Crippen LogP contribution < -0.4 is 9.47 Å². The highest BCUT2D eigenvalue weighted by Crippen LogP contribution is 2.39. The molecule has 7 nitrogen and oxygen atoms in total. The summed E-state index contributed by atoms with van der Waals surface area (Å²) in [7, 11) is 3.10. The topological polar surface area (TPSA) is 85.0 Å². The molecular weight excluding hydrogens is 312 g/mol. The van der Waals surface area contributed by atoms with Crippen LogP contribution in [0.1, 0.15) is 39.4 Å². The van der Waals surface area contributed by atoms with Crippen LogP contribution in [0.25, 0.3) is 0 Å². The number of aromatic nitrogens is 1. The molecule has 3 rings (SSSR count). The van der Waals surface area contributed by atoms with Gasteiger partial charge in [-0.3, -0.25) is 4.79 Å². The van der Waals surface area contributed by atoms with Crippen molar-refractivity contribution >= 4 is 5.91 Å². The first-order valence-corrected chi connectivity index (χ1v) is 7.61. The number of aliphatic hydroxyl groups excluding tert-OH is 1. The number of aryl methyl sites for hydroxylation is 2. The Morgan fingerprint density at radius 3 is 2.54 bits per heavy atom. The zero-order chi connectivity index (χ0) is 17.4. The van der Waals surface area contributed by atoms with Gasteiger partial charge in [0.25, 0.3) is 5.91 Å². The smallest absolute Gasteiger partial charge is 0.291 e. The van der Waals surface area contributed by atoms with Gasteiger partial charge in [-0.05, 0) is 19.1 Å². The summed E-state index contributed by atoms with van der Waals surface area (Å²) in [4.78, 5) is 18.4. The molecule has 1 aliphatic rings. The first kappa shape index (κ1) is 16.3. The van der Waals surface area contributed by atoms with Crippen molar-refractivity contribution in [3.05, 3.63) is 40.6 Å². The third kappa shape index (κ3) is 2.60. The van der Waals surface area contributed by atoms with Crippen LogP contribution in [0.15, 0.2) is 16.5 Å². The molecule has 0 bridgehead atoms. The van der Waals surface area contributed by atoms with Gasteiger partial charge in [0.05, 0.1) is 33.0 Å². The fourth-order valence-corrected chi connectivity index (χ4v) is 3.10. The zero-order valence-electron chi connectivity index (χ0n) is 14.1. The lowest BCUT2D eigenvalue weighted by Crippen LogP contribution is -2.38. The van der Waals surface area contributed by atoms with Crippen LogP contribution in [0.5, 0.6) is 11.5 Å². The van der Waals surface area contributed by atoms with Crippen molar-refractivity contribution in [1.29, 1.82) is 0 Å². The van der Waals surface area contributed by atoms with Crippen LogP contribution in [0.4, 0.5) is 0 Å². The largest absolute Gasteiger partial charge is 0.496 e. The zero-order valence-corrected chi connectivity index (χ0v) is 14.1. The molecule has 1 unspecified atom stereocenters. The lowest BCUT2D eigenvalue weighted by atomic mass is 9.95. The van der Waals surface area contributed by atoms with Gasteiger partial charge in [0, 0.05) is 18.1 Å². The Labute approximate surface area is 139 Å². The van der Waals surface area contributed by atoms with Crippen molar-refractivity contribution in [3.8, 4) is 11.5 Å². The first-order valence-electron chi connectivity index (χ1n) is 7.61. The Bertz CT molecular complexity index is 784. The van der Waals surface area contributed by atoms with Crippen LogP contribution in [-0.4, -0.2) is 41.7 Å². The highest BCUT2D eigenvalue weighted by atomic mass is 16.5. The monoisotopic (exact) mass is 332 g/mol. The van der Waals surface area contributed by atoms with Gasteiger partial charge in [-0.2, -0.15) is 0 Å². The fraction of sp³-hybridized carbons (Fsp3) is 0.412. The van der Waals surface area contributed by atoms with Gasteiger partial charge in [-0.15, -0.1) is 0 Å². The second-order valence-electron chi connectivity index (χ2n) is 5.71. The van der Waals surface area contributed by atoms with Gasteiger partial charge in [0.1, 0.15) is 17.6 Å². The molecule has 2 heterocycles. The summed E-state index contributed by atoms with van der Waals surface area (Å²) in [5.41, 5.74) is 1.93. The first-order chi connectivity index (χ1) is 11.5. The average Bonchev–Trinajstić information content (AvgIpc) is 2.91. The number of hydrogen-bond acceptors (Lipinski definition) is 6. The van der Waals surface area contributed by atoms with Crippen molar-refractivity contribution in [2.75, 3.05) is 20.8 Å². The minimum atomic E-state index is -0.868. The standard InChI is InChI=1S/C17H20N2O5/c1-9-16(24-10(2)18-9)17(21)19-7-11-13(22-3)5-6-14(23-4)15(11)12(20)8-19/h5-6,12,20H,7-8H2,1-4H3. The van der Waals surface area contributed by atoms with Gasteiger partial charge in [-0.1, -0.05) is 0 Å². The van der Waals surface area contributed by atoms with Gasteiger partial charge < -0.3 is 23.9 Å². The molecule has 2 aromatic rings. The van der Waals surface area contributed by atoms with E-state index in [-0.39, 0.29) is 18.2 Å². The van der Waals surface area contributed by atoms with Crippen LogP contribution in [-0.2, 0) is 6.54 Å². The van der Waals surface area contributed by atoms with Crippen molar-refractivity contribution in [3.63, 3.8) is 0 Å². The summed E-state index contributed by atoms with van der Waals surface area (Å²) in [6.07, 6.45) is -0.868. The molecule has 1 aromatic carbocycles. The molecule has 1 N–H and O–H groups in total. The van der Waals surface area contributed by atoms with E-state index in [9.17, 15) is 9.90 Å². The molecule has 0 spiro atoms. The number of benzene rings is 1. The van der Waals surface area contributed by atoms with E-state index < -0.39 is 6.10 Å². The average molecular weight is 332 g/mol. The van der Waals surface area contributed by atoms with Gasteiger partial charge in [-0.25, -0.2) is 4.98 Å². The van der Waals surface area contributed by atoms with E-state index in [1.807, 2.05) is 0 Å². The van der Waals surface area contributed by atoms with E-state index >= 15 is 0 Å². The molecule has 0 aliphatic carbocycles. The van der Waals surface area contributed by atoms with Crippen molar-refractivity contribution in [2.45, 2.75) is 26.5 Å². The van der Waals surface area contributed by atoms with Crippen molar-refractivity contribution in [2.24, 2.45) is 0 Å². The van der Waals surface area contributed by atoms with Crippen LogP contribution >= 0.6 is 0 Å². The summed E-state index contributed by atoms with van der Waals surface area (Å²) in [6.45, 7) is 3.86. The van der Waals surface area contributed by atoms with Crippen molar-refractivity contribution < 1.29 is 23.8 Å². The minimum Gasteiger partial charge on any atom is -0.496 e. The third-order valence-electron chi connectivity index (χ3n) is 4.17. The molecule has 0 fully saturated rings. The predicted octanol–water partition coefficient (Wildman–Crippen LogP) is 2.00. The van der Waals surface area contributed by atoms with Gasteiger partial charge in [0.15, 0.2) is 5.89 Å². The summed E-state index contributed by atoms with van der Waals surface area (Å²) in [5, 5.41) is 10.6. The van der Waals surface area contributed by atoms with E-state index in [1.54, 1.807) is 40.2 Å². The number of fused-ring (bicyclic) bond motifs is 1. The maximum atomic E-state index is 12.8. The normalized spacial score (nSPS) is 16.7. The molecule has 128 valence electrons. The molecule has 0 saturated heterocycles. The SMILES string of the molecule is COc1ccc(OC)c2c1CN(C(=O)c1oc(C)nc1C)CC2O. The van der Waals surface area contributed by atoms with Gasteiger partial charge in [0.2, 0.25) is 5.76 Å². The number of β-amino-alcohol motifs (C(OH)–C–C–N with tert-alkyl or cyclic N) is 1. The summed E-state index contributed by atoms with van der Waals surface area (Å²) < 4.78 is 16.1. The lowest BCUT2D eigenvalue weighted by Gasteiger charge is -2.33. The maximum absolute atomic E-state index is 12.8. The molecular formula is C17H20N2O5. The molecule has 1 amide bonds. The van der Waals surface area contributed by atoms with Crippen LogP contribution in [0, 0.1) is 13.8 Å². The Balaban J connectivity index is 2.00. The quantitative estimate of drug-likeness (QED) is 0.925. The highest BCUT2D eigenvalue weighted by molar-refractivity contribution is 5.92. The summed E-state index contributed by atoms with van der Waals surface area (Å²) >= 11 is 0. The lowest BCUT2D eigenvalue weighted by molar-refractivity contribution is 0.0509. The minimum absolute atomic E-state index is 0.147. The number of hydrogen-bond donors (Lipinski definition) is 1. The molecule has 24 heavy (non-hydrogen) atoms. The predicted molar refractivity (Wildman–Crippen MR) is 85.2 cm³/mol. The molecule has 7 heteroatoms. The summed E-state index contributed by atoms with van der Waals surface area (Å²) in [6, 6.07) is 3.52. The van der Waals surface area contributed by atoms with E-state index in [1.165, 1.54) is 4.90 Å². The third-order valence-corrected chi connectivity index (χ3v) is 4.17. The Morgan fingerprint density at radius 1 is 1.29 bits per heavy atom. The number of oxazole rings is 1. The second-order valence-corrected chi connectivity index (χ2v) is 5.71. The number of nitrogens with zero attached hydrogens (tertiary/aromatic N) is 2. The number of rotatable bonds is 3.